The Labute approximate surface area is 396 Å². The van der Waals surface area contributed by atoms with Crippen LogP contribution in [0.25, 0.3) is 0 Å². The van der Waals surface area contributed by atoms with E-state index in [1.54, 1.807) is 0 Å². The van der Waals surface area contributed by atoms with Crippen LogP contribution in [-0.4, -0.2) is 278 Å². The fourth-order valence-electron chi connectivity index (χ4n) is 7.39. The van der Waals surface area contributed by atoms with Gasteiger partial charge in [-0.1, -0.05) is 0 Å². The summed E-state index contributed by atoms with van der Waals surface area (Å²) in [5.74, 6) is -3.53. The number of carboxylic acid groups (broad SMARTS) is 1. The molecular formula is C40H71N5O24. The van der Waals surface area contributed by atoms with Crippen molar-refractivity contribution in [2.24, 2.45) is 0 Å². The van der Waals surface area contributed by atoms with Gasteiger partial charge >= 0.3 is 5.97 Å². The molecule has 0 bridgehead atoms. The maximum absolute atomic E-state index is 14.0. The quantitative estimate of drug-likeness (QED) is 0.0287. The van der Waals surface area contributed by atoms with Crippen molar-refractivity contribution in [1.29, 1.82) is 0 Å². The van der Waals surface area contributed by atoms with Crippen LogP contribution in [-0.2, 0) is 52.4 Å². The Morgan fingerprint density at radius 1 is 0.464 bits per heavy atom. The van der Waals surface area contributed by atoms with Crippen LogP contribution in [0.4, 0.5) is 0 Å². The number of hydrogen-bond acceptors (Lipinski definition) is 24. The minimum Gasteiger partial charge on any atom is -0.481 e. The Kier molecular flexibility index (Phi) is 27.0. The van der Waals surface area contributed by atoms with E-state index in [0.29, 0.717) is 19.3 Å². The van der Waals surface area contributed by atoms with Gasteiger partial charge in [0, 0.05) is 39.0 Å². The Morgan fingerprint density at radius 3 is 1.23 bits per heavy atom. The fourth-order valence-corrected chi connectivity index (χ4v) is 7.39. The van der Waals surface area contributed by atoms with Crippen molar-refractivity contribution in [3.63, 3.8) is 0 Å². The molecule has 3 aliphatic rings. The van der Waals surface area contributed by atoms with Gasteiger partial charge in [-0.25, -0.2) is 0 Å². The smallest absolute Gasteiger partial charge is 0.303 e. The zero-order valence-corrected chi connectivity index (χ0v) is 37.9. The normalized spacial score (nSPS) is 32.0. The van der Waals surface area contributed by atoms with Crippen molar-refractivity contribution < 1.29 is 119 Å². The van der Waals surface area contributed by atoms with Crippen molar-refractivity contribution in [2.45, 2.75) is 143 Å². The van der Waals surface area contributed by atoms with E-state index in [1.165, 1.54) is 4.90 Å². The number of carbonyl (C=O) groups excluding carboxylic acids is 4. The average Bonchev–Trinajstić information content (AvgIpc) is 3.32. The molecule has 0 saturated carbocycles. The second kappa shape index (κ2) is 31.1. The summed E-state index contributed by atoms with van der Waals surface area (Å²) in [6.45, 7) is -4.94. The van der Waals surface area contributed by atoms with E-state index in [1.807, 2.05) is 0 Å². The molecule has 16 atom stereocenters. The summed E-state index contributed by atoms with van der Waals surface area (Å²) >= 11 is 0. The Balaban J connectivity index is 1.71. The first-order valence-corrected chi connectivity index (χ1v) is 22.6. The van der Waals surface area contributed by atoms with Crippen LogP contribution in [0.1, 0.15) is 44.9 Å². The molecule has 3 aliphatic heterocycles. The van der Waals surface area contributed by atoms with E-state index in [0.717, 1.165) is 0 Å². The third-order valence-corrected chi connectivity index (χ3v) is 11.3. The minimum absolute atomic E-state index is 0.0190. The van der Waals surface area contributed by atoms with Crippen LogP contribution in [0.2, 0.25) is 0 Å². The van der Waals surface area contributed by atoms with Gasteiger partial charge in [0.1, 0.15) is 73.2 Å². The lowest BCUT2D eigenvalue weighted by atomic mass is 9.99. The van der Waals surface area contributed by atoms with Crippen LogP contribution < -0.4 is 21.3 Å². The van der Waals surface area contributed by atoms with Crippen molar-refractivity contribution >= 4 is 29.6 Å². The number of carboxylic acids is 1. The average molecular weight is 1010 g/mol. The van der Waals surface area contributed by atoms with Gasteiger partial charge in [-0.3, -0.25) is 28.9 Å². The van der Waals surface area contributed by atoms with Crippen LogP contribution in [0, 0.1) is 0 Å². The lowest BCUT2D eigenvalue weighted by Crippen LogP contribution is -2.59. The number of aliphatic hydroxyl groups is 12. The summed E-state index contributed by atoms with van der Waals surface area (Å²) in [7, 11) is 0. The van der Waals surface area contributed by atoms with E-state index in [2.05, 4.69) is 21.3 Å². The van der Waals surface area contributed by atoms with Gasteiger partial charge in [0.25, 0.3) is 0 Å². The van der Waals surface area contributed by atoms with Crippen molar-refractivity contribution in [3.8, 4) is 0 Å². The van der Waals surface area contributed by atoms with Crippen molar-refractivity contribution in [3.05, 3.63) is 0 Å². The monoisotopic (exact) mass is 1010 g/mol. The number of carbonyl (C=O) groups is 5. The van der Waals surface area contributed by atoms with Crippen molar-refractivity contribution in [1.82, 2.24) is 26.2 Å². The third-order valence-electron chi connectivity index (χ3n) is 11.3. The summed E-state index contributed by atoms with van der Waals surface area (Å²) in [5.41, 5.74) is 0. The van der Waals surface area contributed by atoms with Crippen LogP contribution >= 0.6 is 0 Å². The molecule has 0 unspecified atom stereocenters. The standard InChI is InChI=1S/C40H71N5O24/c46-17-21-28(54)31(57)34(60)38(67-21)64-12-9-42-25(50)15-45(16-26(51)43-10-13-65-39-35(61)32(58)29(55)22(18-47)68-39)20(5-3-4-8-41-24(49)6-1-2-7-27(52)53)37(63)44-11-14-66-40-36(62)33(59)30(56)23(19-48)69-40/h20-23,28-36,38-40,46-48,54-62H,1-19H2,(H,41,49)(H,42,50)(H,43,51)(H,44,63)(H,52,53)/t20-,21-,22-,23-,28-,29-,30-,31+,32+,33+,34+,35+,36+,38+,39+,40+/m1/s1. The number of nitrogens with zero attached hydrogens (tertiary/aromatic N) is 1. The molecule has 0 aromatic rings. The van der Waals surface area contributed by atoms with Gasteiger partial charge in [-0.05, 0) is 32.1 Å². The van der Waals surface area contributed by atoms with Gasteiger partial charge in [-0.15, -0.1) is 0 Å². The first-order valence-electron chi connectivity index (χ1n) is 22.6. The first kappa shape index (κ1) is 59.9. The van der Waals surface area contributed by atoms with Gasteiger partial charge < -0.3 is 116 Å². The molecule has 3 heterocycles. The lowest BCUT2D eigenvalue weighted by Gasteiger charge is -2.39. The first-order chi connectivity index (χ1) is 32.8. The molecule has 0 aromatic carbocycles. The third kappa shape index (κ3) is 19.3. The number of rotatable bonds is 31. The largest absolute Gasteiger partial charge is 0.481 e. The molecule has 3 rings (SSSR count). The van der Waals surface area contributed by atoms with E-state index in [4.69, 9.17) is 33.5 Å². The minimum atomic E-state index is -1.73. The van der Waals surface area contributed by atoms with E-state index in [9.17, 15) is 85.3 Å². The highest BCUT2D eigenvalue weighted by Crippen LogP contribution is 2.24. The van der Waals surface area contributed by atoms with Gasteiger partial charge in [0.2, 0.25) is 23.6 Å². The molecule has 29 nitrogen and oxygen atoms in total. The number of hydrogen-bond donors (Lipinski definition) is 17. The highest BCUT2D eigenvalue weighted by atomic mass is 16.7. The molecule has 0 spiro atoms. The van der Waals surface area contributed by atoms with E-state index < -0.39 is 155 Å². The SMILES string of the molecule is O=C(O)CCCCC(=O)NCCCC[C@H](C(=O)NCCO[C@H]1O[C@H](CO)[C@@H](O)[C@H](O)[C@@H]1O)N(CC(=O)NCCO[C@H]1O[C@H](CO)[C@@H](O)[C@H](O)[C@@H]1O)CC(=O)NCCO[C@H]1O[C@H](CO)[C@@H](O)[C@H](O)[C@@H]1O. The maximum Gasteiger partial charge on any atom is 0.303 e. The second-order valence-corrected chi connectivity index (χ2v) is 16.6. The summed E-state index contributed by atoms with van der Waals surface area (Å²) in [6.07, 6.45) is -22.4. The van der Waals surface area contributed by atoms with Gasteiger partial charge in [-0.2, -0.15) is 0 Å². The van der Waals surface area contributed by atoms with E-state index >= 15 is 0 Å². The molecule has 29 heteroatoms. The van der Waals surface area contributed by atoms with Crippen LogP contribution in [0.15, 0.2) is 0 Å². The highest BCUT2D eigenvalue weighted by molar-refractivity contribution is 5.86. The molecule has 69 heavy (non-hydrogen) atoms. The summed E-state index contributed by atoms with van der Waals surface area (Å²) < 4.78 is 32.2. The molecule has 4 amide bonds. The summed E-state index contributed by atoms with van der Waals surface area (Å²) in [5, 5.41) is 139. The zero-order chi connectivity index (χ0) is 51.2. The molecule has 3 fully saturated rings. The maximum atomic E-state index is 14.0. The molecule has 17 N–H and O–H groups in total. The Hall–Kier alpha value is -3.41. The molecule has 3 saturated heterocycles. The predicted octanol–water partition coefficient (Wildman–Crippen LogP) is -9.61. The molecule has 0 aliphatic carbocycles. The number of ether oxygens (including phenoxy) is 6. The zero-order valence-electron chi connectivity index (χ0n) is 37.9. The number of aliphatic hydroxyl groups excluding tert-OH is 12. The van der Waals surface area contributed by atoms with Crippen molar-refractivity contribution in [2.75, 3.05) is 78.9 Å². The number of aliphatic carboxylic acids is 1. The second-order valence-electron chi connectivity index (χ2n) is 16.6. The molecule has 0 aromatic heterocycles. The fraction of sp³-hybridized carbons (Fsp3) is 0.875. The summed E-state index contributed by atoms with van der Waals surface area (Å²) in [6, 6.07) is -1.25. The summed E-state index contributed by atoms with van der Waals surface area (Å²) in [4.78, 5) is 65.1. The Bertz CT molecular complexity index is 1490. The van der Waals surface area contributed by atoms with Crippen LogP contribution in [0.5, 0.6) is 0 Å². The van der Waals surface area contributed by atoms with Crippen LogP contribution in [0.3, 0.4) is 0 Å². The number of nitrogens with one attached hydrogen (secondary N) is 4. The predicted molar refractivity (Wildman–Crippen MR) is 227 cm³/mol. The molecule has 0 radical (unpaired) electrons. The number of unbranched alkanes of at least 4 members (excludes halogenated alkanes) is 2. The molecule has 400 valence electrons. The number of amides is 4. The van der Waals surface area contributed by atoms with Gasteiger partial charge in [0.15, 0.2) is 18.9 Å². The Morgan fingerprint density at radius 2 is 0.841 bits per heavy atom. The topological polar surface area (TPSA) is 455 Å². The van der Waals surface area contributed by atoms with Gasteiger partial charge in [0.05, 0.1) is 58.8 Å². The highest BCUT2D eigenvalue weighted by Gasteiger charge is 2.46. The molecular weight excluding hydrogens is 934 g/mol. The lowest BCUT2D eigenvalue weighted by molar-refractivity contribution is -0.300. The van der Waals surface area contributed by atoms with E-state index in [-0.39, 0.29) is 77.6 Å².